The van der Waals surface area contributed by atoms with Gasteiger partial charge in [0.05, 0.1) is 6.61 Å². The van der Waals surface area contributed by atoms with Crippen LogP contribution in [-0.2, 0) is 16.1 Å². The molecular formula is C18H29ClN2O3. The van der Waals surface area contributed by atoms with Crippen LogP contribution >= 0.6 is 12.4 Å². The van der Waals surface area contributed by atoms with Crippen LogP contribution in [0.25, 0.3) is 0 Å². The maximum absolute atomic E-state index is 12.2. The maximum Gasteiger partial charge on any atom is 0.223 e. The number of ether oxygens (including phenoxy) is 2. The molecule has 0 atom stereocenters. The quantitative estimate of drug-likeness (QED) is 0.702. The van der Waals surface area contributed by atoms with Crippen molar-refractivity contribution >= 4 is 18.3 Å². The van der Waals surface area contributed by atoms with Gasteiger partial charge in [0.25, 0.3) is 0 Å². The highest BCUT2D eigenvalue weighted by atomic mass is 35.5. The van der Waals surface area contributed by atoms with Crippen molar-refractivity contribution < 1.29 is 14.3 Å². The molecule has 0 aromatic heterocycles. The van der Waals surface area contributed by atoms with Gasteiger partial charge in [0.15, 0.2) is 0 Å². The molecule has 2 rings (SSSR count). The predicted molar refractivity (Wildman–Crippen MR) is 97.9 cm³/mol. The topological polar surface area (TPSA) is 59.6 Å². The Labute approximate surface area is 150 Å². The SMILES string of the molecule is CCOCCOc1cc(C)ccc1CNC(=O)C1CCNCC1.Cl. The van der Waals surface area contributed by atoms with Crippen LogP contribution in [-0.4, -0.2) is 38.8 Å². The Hall–Kier alpha value is -1.30. The number of carbonyl (C=O) groups is 1. The molecule has 1 aliphatic heterocycles. The van der Waals surface area contributed by atoms with E-state index in [2.05, 4.69) is 10.6 Å². The second kappa shape index (κ2) is 11.3. The summed E-state index contributed by atoms with van der Waals surface area (Å²) in [5.74, 6) is 1.10. The molecule has 24 heavy (non-hydrogen) atoms. The van der Waals surface area contributed by atoms with Crippen LogP contribution in [0, 0.1) is 12.8 Å². The number of rotatable bonds is 8. The summed E-state index contributed by atoms with van der Waals surface area (Å²) < 4.78 is 11.1. The van der Waals surface area contributed by atoms with Crippen molar-refractivity contribution in [2.75, 3.05) is 32.9 Å². The van der Waals surface area contributed by atoms with Gasteiger partial charge in [-0.25, -0.2) is 0 Å². The van der Waals surface area contributed by atoms with Gasteiger partial charge < -0.3 is 20.1 Å². The van der Waals surface area contributed by atoms with Crippen LogP contribution < -0.4 is 15.4 Å². The molecule has 1 amide bonds. The fraction of sp³-hybridized carbons (Fsp3) is 0.611. The van der Waals surface area contributed by atoms with Gasteiger partial charge in [-0.05, 0) is 51.4 Å². The van der Waals surface area contributed by atoms with Crippen molar-refractivity contribution in [1.82, 2.24) is 10.6 Å². The molecule has 0 unspecified atom stereocenters. The molecule has 1 heterocycles. The molecule has 0 aliphatic carbocycles. The molecule has 1 saturated heterocycles. The Morgan fingerprint density at radius 3 is 2.75 bits per heavy atom. The van der Waals surface area contributed by atoms with Crippen LogP contribution in [0.3, 0.4) is 0 Å². The minimum atomic E-state index is 0. The van der Waals surface area contributed by atoms with Gasteiger partial charge in [-0.15, -0.1) is 12.4 Å². The number of carbonyl (C=O) groups excluding carboxylic acids is 1. The summed E-state index contributed by atoms with van der Waals surface area (Å²) in [5, 5.41) is 6.33. The molecule has 0 saturated carbocycles. The monoisotopic (exact) mass is 356 g/mol. The van der Waals surface area contributed by atoms with Crippen LogP contribution in [0.15, 0.2) is 18.2 Å². The summed E-state index contributed by atoms with van der Waals surface area (Å²) in [6.45, 7) is 8.14. The highest BCUT2D eigenvalue weighted by Gasteiger charge is 2.20. The largest absolute Gasteiger partial charge is 0.491 e. The first-order chi connectivity index (χ1) is 11.2. The summed E-state index contributed by atoms with van der Waals surface area (Å²) in [6, 6.07) is 6.08. The molecule has 1 fully saturated rings. The normalized spacial score (nSPS) is 14.8. The number of aryl methyl sites for hydroxylation is 1. The van der Waals surface area contributed by atoms with Gasteiger partial charge in [-0.1, -0.05) is 12.1 Å². The van der Waals surface area contributed by atoms with Gasteiger partial charge in [0, 0.05) is 24.6 Å². The Kier molecular flexibility index (Phi) is 9.76. The lowest BCUT2D eigenvalue weighted by Crippen LogP contribution is -2.37. The van der Waals surface area contributed by atoms with E-state index < -0.39 is 0 Å². The first kappa shape index (κ1) is 20.7. The third kappa shape index (κ3) is 6.67. The fourth-order valence-electron chi connectivity index (χ4n) is 2.71. The van der Waals surface area contributed by atoms with E-state index in [4.69, 9.17) is 9.47 Å². The molecule has 6 heteroatoms. The van der Waals surface area contributed by atoms with Crippen molar-refractivity contribution in [1.29, 1.82) is 0 Å². The third-order valence-corrected chi connectivity index (χ3v) is 4.08. The summed E-state index contributed by atoms with van der Waals surface area (Å²) in [6.07, 6.45) is 1.83. The molecule has 1 aromatic rings. The fourth-order valence-corrected chi connectivity index (χ4v) is 2.71. The Balaban J connectivity index is 0.00000288. The second-order valence-electron chi connectivity index (χ2n) is 5.90. The van der Waals surface area contributed by atoms with Crippen molar-refractivity contribution in [2.45, 2.75) is 33.2 Å². The van der Waals surface area contributed by atoms with Gasteiger partial charge in [-0.2, -0.15) is 0 Å². The van der Waals surface area contributed by atoms with Crippen molar-refractivity contribution in [3.05, 3.63) is 29.3 Å². The lowest BCUT2D eigenvalue weighted by Gasteiger charge is -2.22. The average Bonchev–Trinajstić information content (AvgIpc) is 2.58. The van der Waals surface area contributed by atoms with Gasteiger partial charge >= 0.3 is 0 Å². The number of hydrogen-bond donors (Lipinski definition) is 2. The van der Waals surface area contributed by atoms with E-state index in [-0.39, 0.29) is 24.2 Å². The second-order valence-corrected chi connectivity index (χ2v) is 5.90. The Morgan fingerprint density at radius 1 is 1.29 bits per heavy atom. The molecule has 0 radical (unpaired) electrons. The number of piperidine rings is 1. The Bertz CT molecular complexity index is 505. The predicted octanol–water partition coefficient (Wildman–Crippen LogP) is 2.45. The average molecular weight is 357 g/mol. The van der Waals surface area contributed by atoms with E-state index in [9.17, 15) is 4.79 Å². The molecule has 5 nitrogen and oxygen atoms in total. The van der Waals surface area contributed by atoms with Gasteiger partial charge in [0.2, 0.25) is 5.91 Å². The molecule has 0 spiro atoms. The van der Waals surface area contributed by atoms with E-state index >= 15 is 0 Å². The first-order valence-corrected chi connectivity index (χ1v) is 8.49. The zero-order valence-corrected chi connectivity index (χ0v) is 15.4. The molecule has 1 aliphatic rings. The van der Waals surface area contributed by atoms with Crippen LogP contribution in [0.5, 0.6) is 5.75 Å². The van der Waals surface area contributed by atoms with Crippen LogP contribution in [0.4, 0.5) is 0 Å². The van der Waals surface area contributed by atoms with Gasteiger partial charge in [0.1, 0.15) is 12.4 Å². The third-order valence-electron chi connectivity index (χ3n) is 4.08. The zero-order chi connectivity index (χ0) is 16.5. The van der Waals surface area contributed by atoms with E-state index in [1.54, 1.807) is 0 Å². The lowest BCUT2D eigenvalue weighted by molar-refractivity contribution is -0.125. The molecule has 1 aromatic carbocycles. The number of nitrogens with one attached hydrogen (secondary N) is 2. The van der Waals surface area contributed by atoms with Crippen molar-refractivity contribution in [3.63, 3.8) is 0 Å². The molecule has 136 valence electrons. The summed E-state index contributed by atoms with van der Waals surface area (Å²) >= 11 is 0. The van der Waals surface area contributed by atoms with E-state index in [1.165, 1.54) is 0 Å². The summed E-state index contributed by atoms with van der Waals surface area (Å²) in [5.41, 5.74) is 2.15. The van der Waals surface area contributed by atoms with E-state index in [0.29, 0.717) is 26.4 Å². The van der Waals surface area contributed by atoms with Crippen molar-refractivity contribution in [2.24, 2.45) is 5.92 Å². The number of amides is 1. The number of benzene rings is 1. The Morgan fingerprint density at radius 2 is 2.04 bits per heavy atom. The van der Waals surface area contributed by atoms with E-state index in [0.717, 1.165) is 42.8 Å². The first-order valence-electron chi connectivity index (χ1n) is 8.49. The van der Waals surface area contributed by atoms with E-state index in [1.807, 2.05) is 32.0 Å². The maximum atomic E-state index is 12.2. The molecular weight excluding hydrogens is 328 g/mol. The van der Waals surface area contributed by atoms with Crippen LogP contribution in [0.1, 0.15) is 30.9 Å². The van der Waals surface area contributed by atoms with Gasteiger partial charge in [-0.3, -0.25) is 4.79 Å². The van der Waals surface area contributed by atoms with Crippen molar-refractivity contribution in [3.8, 4) is 5.75 Å². The smallest absolute Gasteiger partial charge is 0.223 e. The minimum absolute atomic E-state index is 0. The highest BCUT2D eigenvalue weighted by molar-refractivity contribution is 5.85. The highest BCUT2D eigenvalue weighted by Crippen LogP contribution is 2.21. The molecule has 2 N–H and O–H groups in total. The number of halogens is 1. The minimum Gasteiger partial charge on any atom is -0.491 e. The standard InChI is InChI=1S/C18H28N2O3.ClH/c1-3-22-10-11-23-17-12-14(2)4-5-16(17)13-20-18(21)15-6-8-19-9-7-15;/h4-5,12,15,19H,3,6-11,13H2,1-2H3,(H,20,21);1H. The van der Waals surface area contributed by atoms with Crippen LogP contribution in [0.2, 0.25) is 0 Å². The lowest BCUT2D eigenvalue weighted by atomic mass is 9.97. The molecule has 0 bridgehead atoms. The zero-order valence-electron chi connectivity index (χ0n) is 14.6. The summed E-state index contributed by atoms with van der Waals surface area (Å²) in [4.78, 5) is 12.2. The summed E-state index contributed by atoms with van der Waals surface area (Å²) in [7, 11) is 0. The number of hydrogen-bond acceptors (Lipinski definition) is 4.